The number of carbonyl (C=O) groups excluding carboxylic acids is 2. The number of benzene rings is 1. The van der Waals surface area contributed by atoms with Crippen molar-refractivity contribution in [1.29, 1.82) is 0 Å². The molecule has 0 aliphatic carbocycles. The molecule has 160 valence electrons. The summed E-state index contributed by atoms with van der Waals surface area (Å²) in [5, 5.41) is 8.29. The molecule has 1 saturated heterocycles. The van der Waals surface area contributed by atoms with Gasteiger partial charge in [-0.2, -0.15) is 15.0 Å². The first-order valence-corrected chi connectivity index (χ1v) is 10.0. The number of esters is 1. The number of para-hydroxylation sites is 1. The third-order valence-electron chi connectivity index (χ3n) is 5.23. The highest BCUT2D eigenvalue weighted by atomic mass is 16.5. The summed E-state index contributed by atoms with van der Waals surface area (Å²) >= 11 is 0. The fourth-order valence-electron chi connectivity index (χ4n) is 3.69. The SMILES string of the molecule is COC(=O)c1c(C)ccnc1OC1CCCN(C(=O)c2ccccc2-n2nccn2)C1. The average Bonchev–Trinajstić information content (AvgIpc) is 3.33. The lowest BCUT2D eigenvalue weighted by atomic mass is 10.1. The van der Waals surface area contributed by atoms with Crippen molar-refractivity contribution in [3.63, 3.8) is 0 Å². The number of rotatable bonds is 5. The van der Waals surface area contributed by atoms with E-state index in [1.54, 1.807) is 42.5 Å². The molecule has 1 amide bonds. The van der Waals surface area contributed by atoms with Crippen LogP contribution in [0.25, 0.3) is 5.69 Å². The molecular formula is C22H23N5O4. The minimum Gasteiger partial charge on any atom is -0.472 e. The van der Waals surface area contributed by atoms with E-state index in [-0.39, 0.29) is 17.9 Å². The third-order valence-corrected chi connectivity index (χ3v) is 5.23. The van der Waals surface area contributed by atoms with E-state index in [1.165, 1.54) is 11.9 Å². The quantitative estimate of drug-likeness (QED) is 0.584. The van der Waals surface area contributed by atoms with Gasteiger partial charge in [-0.1, -0.05) is 12.1 Å². The zero-order valence-electron chi connectivity index (χ0n) is 17.4. The van der Waals surface area contributed by atoms with Crippen molar-refractivity contribution in [3.8, 4) is 11.6 Å². The first kappa shape index (κ1) is 20.5. The van der Waals surface area contributed by atoms with Crippen molar-refractivity contribution in [3.05, 3.63) is 65.6 Å². The highest BCUT2D eigenvalue weighted by Crippen LogP contribution is 2.25. The van der Waals surface area contributed by atoms with E-state index in [1.807, 2.05) is 18.2 Å². The lowest BCUT2D eigenvalue weighted by Crippen LogP contribution is -2.44. The summed E-state index contributed by atoms with van der Waals surface area (Å²) in [5.41, 5.74) is 2.17. The number of methoxy groups -OCH3 is 1. The van der Waals surface area contributed by atoms with Gasteiger partial charge in [0.1, 0.15) is 11.7 Å². The Labute approximate surface area is 179 Å². The molecule has 0 saturated carbocycles. The smallest absolute Gasteiger partial charge is 0.343 e. The van der Waals surface area contributed by atoms with Crippen molar-refractivity contribution in [2.24, 2.45) is 0 Å². The Kier molecular flexibility index (Phi) is 5.92. The Bertz CT molecular complexity index is 1080. The maximum atomic E-state index is 13.3. The molecular weight excluding hydrogens is 398 g/mol. The summed E-state index contributed by atoms with van der Waals surface area (Å²) in [6, 6.07) is 8.97. The molecule has 0 bridgehead atoms. The van der Waals surface area contributed by atoms with Crippen LogP contribution in [-0.4, -0.2) is 63.1 Å². The molecule has 0 radical (unpaired) electrons. The standard InChI is InChI=1S/C22H23N5O4/c1-15-9-10-23-20(19(15)22(29)30-2)31-16-6-5-13-26(14-16)21(28)17-7-3-4-8-18(17)27-24-11-12-25-27/h3-4,7-12,16H,5-6,13-14H2,1-2H3. The predicted octanol–water partition coefficient (Wildman–Crippen LogP) is 2.44. The van der Waals surface area contributed by atoms with Crippen molar-refractivity contribution >= 4 is 11.9 Å². The van der Waals surface area contributed by atoms with E-state index in [4.69, 9.17) is 9.47 Å². The van der Waals surface area contributed by atoms with Gasteiger partial charge >= 0.3 is 5.97 Å². The Balaban J connectivity index is 1.54. The molecule has 1 aliphatic heterocycles. The van der Waals surface area contributed by atoms with E-state index in [0.717, 1.165) is 18.4 Å². The lowest BCUT2D eigenvalue weighted by Gasteiger charge is -2.33. The van der Waals surface area contributed by atoms with E-state index in [0.29, 0.717) is 29.9 Å². The van der Waals surface area contributed by atoms with E-state index < -0.39 is 5.97 Å². The zero-order valence-corrected chi connectivity index (χ0v) is 17.4. The largest absolute Gasteiger partial charge is 0.472 e. The highest BCUT2D eigenvalue weighted by molar-refractivity contribution is 5.97. The Morgan fingerprint density at radius 1 is 1.10 bits per heavy atom. The molecule has 0 N–H and O–H groups in total. The molecule has 3 heterocycles. The number of aromatic nitrogens is 4. The van der Waals surface area contributed by atoms with Crippen molar-refractivity contribution in [2.75, 3.05) is 20.2 Å². The van der Waals surface area contributed by atoms with Crippen molar-refractivity contribution in [1.82, 2.24) is 24.9 Å². The maximum absolute atomic E-state index is 13.3. The van der Waals surface area contributed by atoms with Crippen molar-refractivity contribution in [2.45, 2.75) is 25.9 Å². The Morgan fingerprint density at radius 3 is 2.65 bits per heavy atom. The number of ether oxygens (including phenoxy) is 2. The number of amides is 1. The summed E-state index contributed by atoms with van der Waals surface area (Å²) in [6.07, 6.45) is 5.97. The highest BCUT2D eigenvalue weighted by Gasteiger charge is 2.29. The number of carbonyl (C=O) groups is 2. The number of piperidine rings is 1. The number of likely N-dealkylation sites (tertiary alicyclic amines) is 1. The van der Waals surface area contributed by atoms with Gasteiger partial charge in [-0.05, 0) is 43.5 Å². The molecule has 1 aromatic carbocycles. The fraction of sp³-hybridized carbons (Fsp3) is 0.318. The van der Waals surface area contributed by atoms with Gasteiger partial charge in [0, 0.05) is 12.7 Å². The van der Waals surface area contributed by atoms with Gasteiger partial charge in [0.15, 0.2) is 0 Å². The second-order valence-electron chi connectivity index (χ2n) is 7.27. The number of hydrogen-bond donors (Lipinski definition) is 0. The van der Waals surface area contributed by atoms with Crippen LogP contribution in [0.1, 0.15) is 39.1 Å². The van der Waals surface area contributed by atoms with Crippen LogP contribution in [0.2, 0.25) is 0 Å². The zero-order chi connectivity index (χ0) is 21.8. The second-order valence-corrected chi connectivity index (χ2v) is 7.27. The molecule has 1 aliphatic rings. The molecule has 9 nitrogen and oxygen atoms in total. The summed E-state index contributed by atoms with van der Waals surface area (Å²) in [7, 11) is 1.32. The summed E-state index contributed by atoms with van der Waals surface area (Å²) in [6.45, 7) is 2.80. The number of nitrogens with zero attached hydrogens (tertiary/aromatic N) is 5. The van der Waals surface area contributed by atoms with Crippen LogP contribution in [0, 0.1) is 6.92 Å². The van der Waals surface area contributed by atoms with E-state index >= 15 is 0 Å². The van der Waals surface area contributed by atoms with Gasteiger partial charge in [-0.3, -0.25) is 4.79 Å². The van der Waals surface area contributed by atoms with Gasteiger partial charge in [0.2, 0.25) is 5.88 Å². The monoisotopic (exact) mass is 421 g/mol. The Hall–Kier alpha value is -3.75. The van der Waals surface area contributed by atoms with E-state index in [2.05, 4.69) is 15.2 Å². The van der Waals surface area contributed by atoms with Crippen molar-refractivity contribution < 1.29 is 19.1 Å². The first-order chi connectivity index (χ1) is 15.1. The Morgan fingerprint density at radius 2 is 1.87 bits per heavy atom. The van der Waals surface area contributed by atoms with Gasteiger partial charge in [0.25, 0.3) is 5.91 Å². The number of hydrogen-bond acceptors (Lipinski definition) is 7. The second kappa shape index (κ2) is 8.95. The van der Waals surface area contributed by atoms with Crippen LogP contribution < -0.4 is 4.74 Å². The average molecular weight is 421 g/mol. The van der Waals surface area contributed by atoms with Crippen LogP contribution in [0.4, 0.5) is 0 Å². The van der Waals surface area contributed by atoms with Crippen LogP contribution in [0.5, 0.6) is 5.88 Å². The molecule has 9 heteroatoms. The van der Waals surface area contributed by atoms with Gasteiger partial charge in [-0.25, -0.2) is 9.78 Å². The van der Waals surface area contributed by atoms with Gasteiger partial charge in [-0.15, -0.1) is 0 Å². The van der Waals surface area contributed by atoms with Crippen LogP contribution in [0.15, 0.2) is 48.9 Å². The van der Waals surface area contributed by atoms with Crippen LogP contribution >= 0.6 is 0 Å². The van der Waals surface area contributed by atoms with Gasteiger partial charge < -0.3 is 14.4 Å². The third kappa shape index (κ3) is 4.25. The molecule has 1 unspecified atom stereocenters. The molecule has 4 rings (SSSR count). The van der Waals surface area contributed by atoms with Gasteiger partial charge in [0.05, 0.1) is 37.3 Å². The molecule has 2 aromatic heterocycles. The van der Waals surface area contributed by atoms with E-state index in [9.17, 15) is 9.59 Å². The predicted molar refractivity (Wildman–Crippen MR) is 111 cm³/mol. The topological polar surface area (TPSA) is 99.4 Å². The minimum atomic E-state index is -0.495. The summed E-state index contributed by atoms with van der Waals surface area (Å²) < 4.78 is 10.9. The number of aryl methyl sites for hydroxylation is 1. The molecule has 3 aromatic rings. The molecule has 31 heavy (non-hydrogen) atoms. The fourth-order valence-corrected chi connectivity index (χ4v) is 3.69. The molecule has 1 fully saturated rings. The van der Waals surface area contributed by atoms with Crippen LogP contribution in [0.3, 0.4) is 0 Å². The molecule has 1 atom stereocenters. The minimum absolute atomic E-state index is 0.119. The van der Waals surface area contributed by atoms with Crippen LogP contribution in [-0.2, 0) is 4.74 Å². The number of pyridine rings is 1. The normalized spacial score (nSPS) is 16.1. The lowest BCUT2D eigenvalue weighted by molar-refractivity contribution is 0.0497. The maximum Gasteiger partial charge on any atom is 0.343 e. The molecule has 0 spiro atoms. The summed E-state index contributed by atoms with van der Waals surface area (Å²) in [5.74, 6) is -0.385. The first-order valence-electron chi connectivity index (χ1n) is 10.0. The summed E-state index contributed by atoms with van der Waals surface area (Å²) in [4.78, 5) is 32.9.